The molecule has 5 heteroatoms. The Morgan fingerprint density at radius 1 is 0.812 bits per heavy atom. The van der Waals surface area contributed by atoms with Crippen LogP contribution in [-0.4, -0.2) is 60.1 Å². The van der Waals surface area contributed by atoms with Crippen LogP contribution in [0.5, 0.6) is 0 Å². The molecule has 0 saturated heterocycles. The Bertz CT molecular complexity index is 190. The zero-order valence-corrected chi connectivity index (χ0v) is 9.09. The molecule has 0 radical (unpaired) electrons. The van der Waals surface area contributed by atoms with Gasteiger partial charge in [0.25, 0.3) is 0 Å². The molecular formula is C11H18O5. The molecule has 0 unspecified atom stereocenters. The highest BCUT2D eigenvalue weighted by molar-refractivity contribution is 4.87. The molecule has 0 aliphatic carbocycles. The van der Waals surface area contributed by atoms with Crippen LogP contribution in [0.15, 0.2) is 0 Å². The predicted molar refractivity (Wildman–Crippen MR) is 59.3 cm³/mol. The number of rotatable bonds is 6. The van der Waals surface area contributed by atoms with Crippen molar-refractivity contribution in [3.63, 3.8) is 0 Å². The van der Waals surface area contributed by atoms with E-state index < -0.39 is 31.8 Å². The van der Waals surface area contributed by atoms with Crippen LogP contribution in [0.3, 0.4) is 0 Å². The molecule has 0 aromatic heterocycles. The second-order valence-corrected chi connectivity index (χ2v) is 3.03. The summed E-state index contributed by atoms with van der Waals surface area (Å²) in [6, 6.07) is 0. The molecule has 0 atom stereocenters. The molecule has 0 aliphatic heterocycles. The van der Waals surface area contributed by atoms with E-state index in [9.17, 15) is 0 Å². The van der Waals surface area contributed by atoms with Crippen molar-refractivity contribution in [2.75, 3.05) is 39.6 Å². The fraction of sp³-hybridized carbons (Fsp3) is 0.636. The van der Waals surface area contributed by atoms with E-state index in [4.69, 9.17) is 33.3 Å². The Kier molecular flexibility index (Phi) is 13.0. The highest BCUT2D eigenvalue weighted by atomic mass is 16.5. The van der Waals surface area contributed by atoms with Crippen LogP contribution in [0.1, 0.15) is 0 Å². The molecule has 0 heterocycles. The first kappa shape index (κ1) is 17.3. The highest BCUT2D eigenvalue weighted by Crippen LogP contribution is 2.11. The van der Waals surface area contributed by atoms with Gasteiger partial charge in [-0.1, -0.05) is 11.8 Å². The second kappa shape index (κ2) is 12.0. The van der Waals surface area contributed by atoms with Gasteiger partial charge in [0.1, 0.15) is 13.2 Å². The minimum absolute atomic E-state index is 0.310. The van der Waals surface area contributed by atoms with E-state index in [1.807, 2.05) is 0 Å². The fourth-order valence-electron chi connectivity index (χ4n) is 0.469. The molecule has 5 nitrogen and oxygen atoms in total. The molecule has 16 heavy (non-hydrogen) atoms. The molecule has 0 bridgehead atoms. The number of ether oxygens (including phenoxy) is 1. The number of aliphatic hydroxyl groups is 4. The zero-order chi connectivity index (χ0) is 12.9. The van der Waals surface area contributed by atoms with Crippen molar-refractivity contribution in [2.45, 2.75) is 0 Å². The second-order valence-electron chi connectivity index (χ2n) is 3.03. The quantitative estimate of drug-likeness (QED) is 0.320. The van der Waals surface area contributed by atoms with Crippen molar-refractivity contribution < 1.29 is 25.2 Å². The van der Waals surface area contributed by atoms with Gasteiger partial charge < -0.3 is 25.2 Å². The Hall–Kier alpha value is -1.08. The van der Waals surface area contributed by atoms with Gasteiger partial charge in [-0.3, -0.25) is 0 Å². The molecule has 0 amide bonds. The van der Waals surface area contributed by atoms with Crippen molar-refractivity contribution in [3.05, 3.63) is 0 Å². The van der Waals surface area contributed by atoms with E-state index in [0.29, 0.717) is 13.2 Å². The first-order chi connectivity index (χ1) is 7.66. The molecule has 4 N–H and O–H groups in total. The number of terminal acetylenes is 2. The predicted octanol–water partition coefficient (Wildman–Crippen LogP) is -1.79. The molecule has 0 spiro atoms. The summed E-state index contributed by atoms with van der Waals surface area (Å²) in [6.45, 7) is -1.01. The van der Waals surface area contributed by atoms with Gasteiger partial charge in [0.2, 0.25) is 0 Å². The molecule has 0 aromatic carbocycles. The molecule has 0 saturated carbocycles. The Morgan fingerprint density at radius 3 is 1.25 bits per heavy atom. The molecule has 0 fully saturated rings. The highest BCUT2D eigenvalue weighted by Gasteiger charge is 2.26. The minimum atomic E-state index is -1.11. The third-order valence-corrected chi connectivity index (χ3v) is 1.71. The molecule has 0 rings (SSSR count). The lowest BCUT2D eigenvalue weighted by molar-refractivity contribution is -0.0328. The lowest BCUT2D eigenvalue weighted by Crippen LogP contribution is -2.37. The minimum Gasteiger partial charge on any atom is -0.396 e. The van der Waals surface area contributed by atoms with E-state index in [0.717, 1.165) is 0 Å². The van der Waals surface area contributed by atoms with Crippen LogP contribution in [0.25, 0.3) is 0 Å². The van der Waals surface area contributed by atoms with Crippen molar-refractivity contribution in [1.29, 1.82) is 0 Å². The average molecular weight is 230 g/mol. The summed E-state index contributed by atoms with van der Waals surface area (Å²) >= 11 is 0. The summed E-state index contributed by atoms with van der Waals surface area (Å²) in [4.78, 5) is 0. The Morgan fingerprint density at radius 2 is 1.12 bits per heavy atom. The van der Waals surface area contributed by atoms with Gasteiger partial charge in [-0.25, -0.2) is 0 Å². The van der Waals surface area contributed by atoms with Gasteiger partial charge in [-0.05, 0) is 0 Å². The van der Waals surface area contributed by atoms with Gasteiger partial charge in [0, 0.05) is 0 Å². The van der Waals surface area contributed by atoms with Crippen LogP contribution in [0, 0.1) is 30.1 Å². The maximum Gasteiger partial charge on any atom is 0.108 e. The first-order valence-corrected chi connectivity index (χ1v) is 4.54. The lowest BCUT2D eigenvalue weighted by Gasteiger charge is -2.23. The molecule has 0 aromatic rings. The monoisotopic (exact) mass is 230 g/mol. The summed E-state index contributed by atoms with van der Waals surface area (Å²) in [6.07, 6.45) is 9.65. The average Bonchev–Trinajstić information content (AvgIpc) is 2.34. The van der Waals surface area contributed by atoms with E-state index in [1.165, 1.54) is 0 Å². The number of hydrogen-bond donors (Lipinski definition) is 4. The Balaban J connectivity index is 0. The maximum atomic E-state index is 8.50. The van der Waals surface area contributed by atoms with E-state index in [1.54, 1.807) is 0 Å². The third kappa shape index (κ3) is 8.25. The number of hydrogen-bond acceptors (Lipinski definition) is 5. The zero-order valence-electron chi connectivity index (χ0n) is 9.09. The normalized spacial score (nSPS) is 9.62. The molecular weight excluding hydrogens is 212 g/mol. The smallest absolute Gasteiger partial charge is 0.108 e. The Labute approximate surface area is 95.7 Å². The van der Waals surface area contributed by atoms with Gasteiger partial charge >= 0.3 is 0 Å². The van der Waals surface area contributed by atoms with Crippen molar-refractivity contribution in [2.24, 2.45) is 5.41 Å². The topological polar surface area (TPSA) is 90.2 Å². The SMILES string of the molecule is C#CCOCC#C.OCC(CO)(CO)CO. The van der Waals surface area contributed by atoms with Crippen LogP contribution in [0.2, 0.25) is 0 Å². The van der Waals surface area contributed by atoms with Crippen LogP contribution in [0.4, 0.5) is 0 Å². The summed E-state index contributed by atoms with van der Waals surface area (Å²) in [7, 11) is 0. The van der Waals surface area contributed by atoms with E-state index >= 15 is 0 Å². The van der Waals surface area contributed by atoms with Crippen LogP contribution in [-0.2, 0) is 4.74 Å². The molecule has 92 valence electrons. The summed E-state index contributed by atoms with van der Waals surface area (Å²) in [5.41, 5.74) is -1.11. The van der Waals surface area contributed by atoms with E-state index in [-0.39, 0.29) is 0 Å². The fourth-order valence-corrected chi connectivity index (χ4v) is 0.469. The van der Waals surface area contributed by atoms with Gasteiger partial charge in [0.05, 0.1) is 31.8 Å². The van der Waals surface area contributed by atoms with E-state index in [2.05, 4.69) is 16.6 Å². The van der Waals surface area contributed by atoms with Gasteiger partial charge in [-0.15, -0.1) is 12.8 Å². The van der Waals surface area contributed by atoms with Crippen molar-refractivity contribution in [3.8, 4) is 24.7 Å². The maximum absolute atomic E-state index is 8.50. The summed E-state index contributed by atoms with van der Waals surface area (Å²) < 4.78 is 4.66. The summed E-state index contributed by atoms with van der Waals surface area (Å²) in [5.74, 6) is 4.57. The lowest BCUT2D eigenvalue weighted by atomic mass is 9.93. The third-order valence-electron chi connectivity index (χ3n) is 1.71. The molecule has 0 aliphatic rings. The number of aliphatic hydroxyl groups excluding tert-OH is 4. The largest absolute Gasteiger partial charge is 0.396 e. The van der Waals surface area contributed by atoms with Crippen LogP contribution < -0.4 is 0 Å². The first-order valence-electron chi connectivity index (χ1n) is 4.54. The standard InChI is InChI=1S/C6H6O.C5H12O4/c1-3-5-7-6-4-2;6-1-5(2-7,3-8)4-9/h1-2H,5-6H2;6-9H,1-4H2. The van der Waals surface area contributed by atoms with Gasteiger partial charge in [0.15, 0.2) is 0 Å². The van der Waals surface area contributed by atoms with Crippen molar-refractivity contribution >= 4 is 0 Å². The van der Waals surface area contributed by atoms with Crippen molar-refractivity contribution in [1.82, 2.24) is 0 Å². The summed E-state index contributed by atoms with van der Waals surface area (Å²) in [5, 5.41) is 34.0. The van der Waals surface area contributed by atoms with Crippen LogP contribution >= 0.6 is 0 Å². The van der Waals surface area contributed by atoms with Gasteiger partial charge in [-0.2, -0.15) is 0 Å².